The Morgan fingerprint density at radius 1 is 1.47 bits per heavy atom. The fraction of sp³-hybridized carbons (Fsp3) is 0.500. The van der Waals surface area contributed by atoms with Gasteiger partial charge in [-0.3, -0.25) is 4.79 Å². The van der Waals surface area contributed by atoms with Crippen LogP contribution in [0.15, 0.2) is 6.20 Å². The number of nitrogens with zero attached hydrogens (tertiary/aromatic N) is 2. The molecule has 0 aromatic carbocycles. The van der Waals surface area contributed by atoms with E-state index in [1.165, 1.54) is 0 Å². The van der Waals surface area contributed by atoms with Crippen LogP contribution in [0.4, 0.5) is 13.2 Å². The second-order valence-corrected chi connectivity index (χ2v) is 3.88. The maximum Gasteiger partial charge on any atom is 0.451 e. The molecule has 17 heavy (non-hydrogen) atoms. The van der Waals surface area contributed by atoms with Gasteiger partial charge in [-0.1, -0.05) is 0 Å². The Morgan fingerprint density at radius 3 is 2.76 bits per heavy atom. The van der Waals surface area contributed by atoms with Crippen LogP contribution in [0.25, 0.3) is 0 Å². The number of halogens is 3. The van der Waals surface area contributed by atoms with E-state index in [4.69, 9.17) is 5.11 Å². The van der Waals surface area contributed by atoms with Crippen molar-refractivity contribution < 1.29 is 23.1 Å². The average Bonchev–Trinajstić information content (AvgIpc) is 2.26. The van der Waals surface area contributed by atoms with Gasteiger partial charge in [0.25, 0.3) is 0 Å². The van der Waals surface area contributed by atoms with Crippen molar-refractivity contribution in [2.45, 2.75) is 31.4 Å². The number of aryl methyl sites for hydroxylation is 1. The largest absolute Gasteiger partial charge is 0.481 e. The maximum absolute atomic E-state index is 12.4. The van der Waals surface area contributed by atoms with Crippen molar-refractivity contribution in [3.8, 4) is 0 Å². The molecule has 0 spiro atoms. The Kier molecular flexibility index (Phi) is 2.76. The van der Waals surface area contributed by atoms with Gasteiger partial charge in [0, 0.05) is 6.20 Å². The van der Waals surface area contributed by atoms with Gasteiger partial charge in [0.15, 0.2) is 0 Å². The molecule has 0 bridgehead atoms. The van der Waals surface area contributed by atoms with Crippen LogP contribution in [0.1, 0.15) is 35.8 Å². The average molecular weight is 246 g/mol. The molecule has 0 saturated heterocycles. The maximum atomic E-state index is 12.4. The highest BCUT2D eigenvalue weighted by Gasteiger charge is 2.37. The molecule has 1 aliphatic rings. The van der Waals surface area contributed by atoms with Crippen molar-refractivity contribution in [1.82, 2.24) is 9.97 Å². The zero-order valence-electron chi connectivity index (χ0n) is 8.66. The number of carbonyl (C=O) groups is 1. The van der Waals surface area contributed by atoms with Gasteiger partial charge < -0.3 is 5.11 Å². The highest BCUT2D eigenvalue weighted by molar-refractivity contribution is 5.76. The Bertz CT molecular complexity index is 459. The number of aliphatic carboxylic acids is 1. The van der Waals surface area contributed by atoms with Gasteiger partial charge in [0.2, 0.25) is 5.82 Å². The summed E-state index contributed by atoms with van der Waals surface area (Å²) in [6.45, 7) is 0. The molecular weight excluding hydrogens is 237 g/mol. The van der Waals surface area contributed by atoms with E-state index in [-0.39, 0.29) is 5.69 Å². The second-order valence-electron chi connectivity index (χ2n) is 3.88. The Labute approximate surface area is 94.5 Å². The Balaban J connectivity index is 2.48. The summed E-state index contributed by atoms with van der Waals surface area (Å²) in [5.74, 6) is -3.37. The van der Waals surface area contributed by atoms with E-state index in [0.717, 1.165) is 6.20 Å². The molecule has 0 saturated carbocycles. The lowest BCUT2D eigenvalue weighted by atomic mass is 9.87. The third kappa shape index (κ3) is 2.22. The molecule has 1 aromatic rings. The van der Waals surface area contributed by atoms with E-state index in [0.29, 0.717) is 24.8 Å². The van der Waals surface area contributed by atoms with E-state index < -0.39 is 23.9 Å². The van der Waals surface area contributed by atoms with E-state index in [1.807, 2.05) is 0 Å². The van der Waals surface area contributed by atoms with Crippen LogP contribution in [0.2, 0.25) is 0 Å². The summed E-state index contributed by atoms with van der Waals surface area (Å²) in [6, 6.07) is 0. The Hall–Kier alpha value is -1.66. The first-order valence-corrected chi connectivity index (χ1v) is 5.05. The molecule has 0 aliphatic heterocycles. The summed E-state index contributed by atoms with van der Waals surface area (Å²) in [5, 5.41) is 8.94. The van der Waals surface area contributed by atoms with Crippen LogP contribution in [0.5, 0.6) is 0 Å². The van der Waals surface area contributed by atoms with Crippen LogP contribution in [-0.2, 0) is 17.4 Å². The number of hydrogen-bond donors (Lipinski definition) is 1. The van der Waals surface area contributed by atoms with Crippen molar-refractivity contribution in [3.05, 3.63) is 23.3 Å². The minimum Gasteiger partial charge on any atom is -0.481 e. The SMILES string of the molecule is O=C(O)C1CCCc2cnc(C(F)(F)F)nc21. The number of fused-ring (bicyclic) bond motifs is 1. The predicted octanol–water partition coefficient (Wildman–Crippen LogP) is 2.00. The van der Waals surface area contributed by atoms with Crippen LogP contribution in [-0.4, -0.2) is 21.0 Å². The van der Waals surface area contributed by atoms with Gasteiger partial charge in [-0.25, -0.2) is 9.97 Å². The fourth-order valence-electron chi connectivity index (χ4n) is 1.92. The van der Waals surface area contributed by atoms with Gasteiger partial charge >= 0.3 is 12.1 Å². The van der Waals surface area contributed by atoms with E-state index in [2.05, 4.69) is 9.97 Å². The topological polar surface area (TPSA) is 63.1 Å². The molecule has 7 heteroatoms. The molecule has 0 fully saturated rings. The molecule has 0 amide bonds. The highest BCUT2D eigenvalue weighted by atomic mass is 19.4. The first-order chi connectivity index (χ1) is 7.89. The first-order valence-electron chi connectivity index (χ1n) is 5.05. The van der Waals surface area contributed by atoms with Gasteiger partial charge in [0.05, 0.1) is 11.6 Å². The predicted molar refractivity (Wildman–Crippen MR) is 50.3 cm³/mol. The summed E-state index contributed by atoms with van der Waals surface area (Å²) in [4.78, 5) is 17.5. The van der Waals surface area contributed by atoms with Crippen molar-refractivity contribution in [1.29, 1.82) is 0 Å². The summed E-state index contributed by atoms with van der Waals surface area (Å²) < 4.78 is 37.2. The van der Waals surface area contributed by atoms with Crippen molar-refractivity contribution in [2.75, 3.05) is 0 Å². The third-order valence-corrected chi connectivity index (χ3v) is 2.72. The van der Waals surface area contributed by atoms with Gasteiger partial charge in [-0.05, 0) is 24.8 Å². The van der Waals surface area contributed by atoms with E-state index in [1.54, 1.807) is 0 Å². The molecule has 1 atom stereocenters. The van der Waals surface area contributed by atoms with Gasteiger partial charge in [-0.15, -0.1) is 0 Å². The molecule has 1 aliphatic carbocycles. The zero-order chi connectivity index (χ0) is 12.6. The molecular formula is C10H9F3N2O2. The quantitative estimate of drug-likeness (QED) is 0.823. The molecule has 1 unspecified atom stereocenters. The molecule has 1 heterocycles. The summed E-state index contributed by atoms with van der Waals surface area (Å²) in [7, 11) is 0. The van der Waals surface area contributed by atoms with Crippen LogP contribution < -0.4 is 0 Å². The van der Waals surface area contributed by atoms with Crippen molar-refractivity contribution in [3.63, 3.8) is 0 Å². The molecule has 4 nitrogen and oxygen atoms in total. The standard InChI is InChI=1S/C10H9F3N2O2/c11-10(12,13)9-14-4-5-2-1-3-6(8(16)17)7(5)15-9/h4,6H,1-3H2,(H,16,17). The first kappa shape index (κ1) is 11.8. The van der Waals surface area contributed by atoms with E-state index in [9.17, 15) is 18.0 Å². The van der Waals surface area contributed by atoms with Crippen molar-refractivity contribution >= 4 is 5.97 Å². The number of aromatic nitrogens is 2. The normalized spacial score (nSPS) is 19.8. The second kappa shape index (κ2) is 3.97. The minimum atomic E-state index is -4.64. The Morgan fingerprint density at radius 2 is 2.18 bits per heavy atom. The fourth-order valence-corrected chi connectivity index (χ4v) is 1.92. The molecule has 0 radical (unpaired) electrons. The van der Waals surface area contributed by atoms with Gasteiger partial charge in [-0.2, -0.15) is 13.2 Å². The van der Waals surface area contributed by atoms with Crippen LogP contribution in [0, 0.1) is 0 Å². The molecule has 92 valence electrons. The van der Waals surface area contributed by atoms with E-state index >= 15 is 0 Å². The lowest BCUT2D eigenvalue weighted by Crippen LogP contribution is -2.23. The number of rotatable bonds is 1. The summed E-state index contributed by atoms with van der Waals surface area (Å²) >= 11 is 0. The minimum absolute atomic E-state index is 0.00563. The number of alkyl halides is 3. The monoisotopic (exact) mass is 246 g/mol. The highest BCUT2D eigenvalue weighted by Crippen LogP contribution is 2.33. The number of carboxylic acid groups (broad SMARTS) is 1. The molecule has 1 aromatic heterocycles. The lowest BCUT2D eigenvalue weighted by Gasteiger charge is -2.21. The number of hydrogen-bond acceptors (Lipinski definition) is 3. The van der Waals surface area contributed by atoms with Gasteiger partial charge in [0.1, 0.15) is 0 Å². The summed E-state index contributed by atoms with van der Waals surface area (Å²) in [6.07, 6.45) is -2.09. The smallest absolute Gasteiger partial charge is 0.451 e. The number of carboxylic acids is 1. The lowest BCUT2D eigenvalue weighted by molar-refractivity contribution is -0.146. The zero-order valence-corrected chi connectivity index (χ0v) is 8.66. The van der Waals surface area contributed by atoms with Crippen molar-refractivity contribution in [2.24, 2.45) is 0 Å². The molecule has 2 rings (SSSR count). The third-order valence-electron chi connectivity index (χ3n) is 2.72. The molecule has 1 N–H and O–H groups in total. The van der Waals surface area contributed by atoms with Crippen LogP contribution in [0.3, 0.4) is 0 Å². The van der Waals surface area contributed by atoms with Crippen LogP contribution >= 0.6 is 0 Å². The summed E-state index contributed by atoms with van der Waals surface area (Å²) in [5.41, 5.74) is 0.503.